The summed E-state index contributed by atoms with van der Waals surface area (Å²) in [6, 6.07) is 9.65. The van der Waals surface area contributed by atoms with Crippen molar-refractivity contribution in [3.63, 3.8) is 0 Å². The standard InChI is InChI=1S/C14H18O3/c15-13-8-4-7-12(9-13)14(16)17-10-11-5-2-1-3-6-11/h1-3,5-6,12-13,15H,4,7-10H2. The number of carbonyl (C=O) groups excluding carboxylic acids is 1. The van der Waals surface area contributed by atoms with Crippen LogP contribution in [0.3, 0.4) is 0 Å². The van der Waals surface area contributed by atoms with E-state index < -0.39 is 0 Å². The van der Waals surface area contributed by atoms with E-state index >= 15 is 0 Å². The molecule has 1 N–H and O–H groups in total. The molecule has 0 spiro atoms. The molecule has 0 bridgehead atoms. The van der Waals surface area contributed by atoms with Gasteiger partial charge in [-0.3, -0.25) is 4.79 Å². The average molecular weight is 234 g/mol. The predicted octanol–water partition coefficient (Wildman–Crippen LogP) is 2.28. The number of carbonyl (C=O) groups is 1. The summed E-state index contributed by atoms with van der Waals surface area (Å²) in [5.74, 6) is -0.296. The summed E-state index contributed by atoms with van der Waals surface area (Å²) in [6.07, 6.45) is 2.77. The zero-order valence-electron chi connectivity index (χ0n) is 9.84. The molecular weight excluding hydrogens is 216 g/mol. The molecule has 3 heteroatoms. The number of benzene rings is 1. The highest BCUT2D eigenvalue weighted by Crippen LogP contribution is 2.25. The molecule has 0 saturated heterocycles. The van der Waals surface area contributed by atoms with Crippen molar-refractivity contribution in [1.82, 2.24) is 0 Å². The summed E-state index contributed by atoms with van der Waals surface area (Å²) in [5.41, 5.74) is 0.997. The quantitative estimate of drug-likeness (QED) is 0.816. The lowest BCUT2D eigenvalue weighted by molar-refractivity contribution is -0.152. The minimum absolute atomic E-state index is 0.123. The van der Waals surface area contributed by atoms with E-state index in [0.29, 0.717) is 13.0 Å². The topological polar surface area (TPSA) is 46.5 Å². The summed E-state index contributed by atoms with van der Waals surface area (Å²) in [4.78, 5) is 11.8. The summed E-state index contributed by atoms with van der Waals surface area (Å²) in [5, 5.41) is 9.51. The predicted molar refractivity (Wildman–Crippen MR) is 64.2 cm³/mol. The van der Waals surface area contributed by atoms with Crippen LogP contribution in [-0.4, -0.2) is 17.2 Å². The second-order valence-corrected chi connectivity index (χ2v) is 4.61. The van der Waals surface area contributed by atoms with Gasteiger partial charge in [0.05, 0.1) is 12.0 Å². The van der Waals surface area contributed by atoms with Gasteiger partial charge in [-0.05, 0) is 24.8 Å². The lowest BCUT2D eigenvalue weighted by Crippen LogP contribution is -2.27. The van der Waals surface area contributed by atoms with Crippen molar-refractivity contribution in [2.24, 2.45) is 5.92 Å². The van der Waals surface area contributed by atoms with Gasteiger partial charge in [0.15, 0.2) is 0 Å². The highest BCUT2D eigenvalue weighted by atomic mass is 16.5. The third-order valence-corrected chi connectivity index (χ3v) is 3.20. The van der Waals surface area contributed by atoms with E-state index in [1.807, 2.05) is 30.3 Å². The molecule has 1 saturated carbocycles. The fraction of sp³-hybridized carbons (Fsp3) is 0.500. The number of hydrogen-bond donors (Lipinski definition) is 1. The molecule has 0 amide bonds. The van der Waals surface area contributed by atoms with Gasteiger partial charge >= 0.3 is 5.97 Å². The van der Waals surface area contributed by atoms with Crippen LogP contribution in [0.2, 0.25) is 0 Å². The van der Waals surface area contributed by atoms with Crippen molar-refractivity contribution >= 4 is 5.97 Å². The number of aliphatic hydroxyl groups is 1. The van der Waals surface area contributed by atoms with Crippen molar-refractivity contribution in [1.29, 1.82) is 0 Å². The Bertz CT molecular complexity index is 361. The van der Waals surface area contributed by atoms with E-state index in [2.05, 4.69) is 0 Å². The normalized spacial score (nSPS) is 24.3. The third kappa shape index (κ3) is 3.56. The van der Waals surface area contributed by atoms with Gasteiger partial charge in [0, 0.05) is 0 Å². The molecule has 0 aromatic heterocycles. The van der Waals surface area contributed by atoms with Crippen LogP contribution in [-0.2, 0) is 16.1 Å². The van der Waals surface area contributed by atoms with Gasteiger partial charge in [-0.1, -0.05) is 36.8 Å². The monoisotopic (exact) mass is 234 g/mol. The molecule has 0 heterocycles. The van der Waals surface area contributed by atoms with E-state index in [4.69, 9.17) is 4.74 Å². The number of esters is 1. The fourth-order valence-electron chi connectivity index (χ4n) is 2.22. The van der Waals surface area contributed by atoms with Crippen LogP contribution in [0.25, 0.3) is 0 Å². The summed E-state index contributed by atoms with van der Waals surface area (Å²) < 4.78 is 5.27. The first-order valence-electron chi connectivity index (χ1n) is 6.14. The number of ether oxygens (including phenoxy) is 1. The first kappa shape index (κ1) is 12.1. The number of hydrogen-bond acceptors (Lipinski definition) is 3. The Morgan fingerprint density at radius 3 is 2.76 bits per heavy atom. The molecule has 92 valence electrons. The Balaban J connectivity index is 1.81. The molecule has 1 fully saturated rings. The van der Waals surface area contributed by atoms with Crippen molar-refractivity contribution < 1.29 is 14.6 Å². The van der Waals surface area contributed by atoms with Gasteiger partial charge in [-0.2, -0.15) is 0 Å². The van der Waals surface area contributed by atoms with Crippen molar-refractivity contribution in [3.8, 4) is 0 Å². The molecule has 0 radical (unpaired) electrons. The number of rotatable bonds is 3. The van der Waals surface area contributed by atoms with Gasteiger partial charge in [0.25, 0.3) is 0 Å². The van der Waals surface area contributed by atoms with E-state index in [9.17, 15) is 9.90 Å². The Kier molecular flexibility index (Phi) is 4.15. The van der Waals surface area contributed by atoms with Crippen LogP contribution in [0.1, 0.15) is 31.2 Å². The first-order valence-corrected chi connectivity index (χ1v) is 6.14. The van der Waals surface area contributed by atoms with E-state index in [0.717, 1.165) is 24.8 Å². The van der Waals surface area contributed by atoms with E-state index in [1.165, 1.54) is 0 Å². The van der Waals surface area contributed by atoms with Crippen LogP contribution >= 0.6 is 0 Å². The Morgan fingerprint density at radius 2 is 2.06 bits per heavy atom. The molecule has 1 aliphatic rings. The van der Waals surface area contributed by atoms with Gasteiger partial charge in [0.2, 0.25) is 0 Å². The Hall–Kier alpha value is -1.35. The van der Waals surface area contributed by atoms with Gasteiger partial charge in [-0.15, -0.1) is 0 Å². The van der Waals surface area contributed by atoms with Crippen molar-refractivity contribution in [3.05, 3.63) is 35.9 Å². The SMILES string of the molecule is O=C(OCc1ccccc1)C1CCCC(O)C1. The second-order valence-electron chi connectivity index (χ2n) is 4.61. The van der Waals surface area contributed by atoms with Crippen molar-refractivity contribution in [2.75, 3.05) is 0 Å². The molecule has 3 nitrogen and oxygen atoms in total. The maximum absolute atomic E-state index is 11.8. The van der Waals surface area contributed by atoms with Crippen LogP contribution in [0.15, 0.2) is 30.3 Å². The second kappa shape index (κ2) is 5.82. The third-order valence-electron chi connectivity index (χ3n) is 3.20. The lowest BCUT2D eigenvalue weighted by Gasteiger charge is -2.24. The molecule has 17 heavy (non-hydrogen) atoms. The van der Waals surface area contributed by atoms with Crippen LogP contribution in [0.4, 0.5) is 0 Å². The maximum atomic E-state index is 11.8. The summed E-state index contributed by atoms with van der Waals surface area (Å²) in [7, 11) is 0. The highest BCUT2D eigenvalue weighted by Gasteiger charge is 2.27. The van der Waals surface area contributed by atoms with Gasteiger partial charge in [-0.25, -0.2) is 0 Å². The molecular formula is C14H18O3. The van der Waals surface area contributed by atoms with Crippen LogP contribution in [0.5, 0.6) is 0 Å². The summed E-state index contributed by atoms with van der Waals surface area (Å²) >= 11 is 0. The molecule has 1 aliphatic carbocycles. The smallest absolute Gasteiger partial charge is 0.309 e. The minimum Gasteiger partial charge on any atom is -0.461 e. The Morgan fingerprint density at radius 1 is 1.29 bits per heavy atom. The van der Waals surface area contributed by atoms with E-state index in [1.54, 1.807) is 0 Å². The molecule has 2 unspecified atom stereocenters. The maximum Gasteiger partial charge on any atom is 0.309 e. The zero-order chi connectivity index (χ0) is 12.1. The number of aliphatic hydroxyl groups excluding tert-OH is 1. The highest BCUT2D eigenvalue weighted by molar-refractivity contribution is 5.72. The van der Waals surface area contributed by atoms with Crippen LogP contribution in [0, 0.1) is 5.92 Å². The van der Waals surface area contributed by atoms with E-state index in [-0.39, 0.29) is 18.0 Å². The molecule has 2 rings (SSSR count). The van der Waals surface area contributed by atoms with Gasteiger partial charge < -0.3 is 9.84 Å². The van der Waals surface area contributed by atoms with Gasteiger partial charge in [0.1, 0.15) is 6.61 Å². The minimum atomic E-state index is -0.335. The molecule has 2 atom stereocenters. The Labute approximate surface area is 101 Å². The average Bonchev–Trinajstić information content (AvgIpc) is 2.37. The van der Waals surface area contributed by atoms with Crippen molar-refractivity contribution in [2.45, 2.75) is 38.4 Å². The van der Waals surface area contributed by atoms with Crippen LogP contribution < -0.4 is 0 Å². The molecule has 1 aromatic carbocycles. The lowest BCUT2D eigenvalue weighted by atomic mass is 9.87. The first-order chi connectivity index (χ1) is 8.25. The fourth-order valence-corrected chi connectivity index (χ4v) is 2.22. The largest absolute Gasteiger partial charge is 0.461 e. The molecule has 0 aliphatic heterocycles. The summed E-state index contributed by atoms with van der Waals surface area (Å²) in [6.45, 7) is 0.326. The zero-order valence-corrected chi connectivity index (χ0v) is 9.84. The molecule has 1 aromatic rings.